The molecule has 3 aromatic rings. The standard InChI is InChI=1S/C15H15N5O2S/c1-15(2,3)22-14(21)18-13-20-19-12(23-13)9-4-5-11-10(6-9)7-16-8-17-11/h4-8H,1-3H3,(H,18,20,21). The molecule has 0 saturated carbocycles. The number of hydrogen-bond donors (Lipinski definition) is 1. The number of aromatic nitrogens is 4. The highest BCUT2D eigenvalue weighted by molar-refractivity contribution is 7.18. The van der Waals surface area contributed by atoms with E-state index >= 15 is 0 Å². The smallest absolute Gasteiger partial charge is 0.414 e. The van der Waals surface area contributed by atoms with E-state index in [9.17, 15) is 4.79 Å². The summed E-state index contributed by atoms with van der Waals surface area (Å²) in [6, 6.07) is 5.74. The molecule has 118 valence electrons. The molecule has 1 N–H and O–H groups in total. The van der Waals surface area contributed by atoms with Gasteiger partial charge in [-0.1, -0.05) is 11.3 Å². The zero-order valence-corrected chi connectivity index (χ0v) is 13.7. The van der Waals surface area contributed by atoms with Gasteiger partial charge in [0.05, 0.1) is 5.52 Å². The maximum absolute atomic E-state index is 11.7. The number of nitrogens with zero attached hydrogens (tertiary/aromatic N) is 4. The molecule has 0 radical (unpaired) electrons. The summed E-state index contributed by atoms with van der Waals surface area (Å²) in [4.78, 5) is 19.9. The van der Waals surface area contributed by atoms with Gasteiger partial charge in [0.1, 0.15) is 16.9 Å². The summed E-state index contributed by atoms with van der Waals surface area (Å²) in [5.74, 6) is 0. The Labute approximate surface area is 136 Å². The van der Waals surface area contributed by atoms with E-state index < -0.39 is 11.7 Å². The highest BCUT2D eigenvalue weighted by atomic mass is 32.1. The summed E-state index contributed by atoms with van der Waals surface area (Å²) in [5, 5.41) is 12.7. The van der Waals surface area contributed by atoms with Crippen LogP contribution in [0.15, 0.2) is 30.7 Å². The fraction of sp³-hybridized carbons (Fsp3) is 0.267. The van der Waals surface area contributed by atoms with E-state index in [1.165, 1.54) is 17.7 Å². The SMILES string of the molecule is CC(C)(C)OC(=O)Nc1nnc(-c2ccc3ncncc3c2)s1. The topological polar surface area (TPSA) is 89.9 Å². The van der Waals surface area contributed by atoms with Crippen LogP contribution in [0.25, 0.3) is 21.5 Å². The summed E-state index contributed by atoms with van der Waals surface area (Å²) in [7, 11) is 0. The fourth-order valence-corrected chi connectivity index (χ4v) is 2.62. The summed E-state index contributed by atoms with van der Waals surface area (Å²) < 4.78 is 5.19. The molecule has 7 nitrogen and oxygen atoms in total. The molecule has 1 aromatic carbocycles. The molecule has 0 atom stereocenters. The van der Waals surface area contributed by atoms with Gasteiger partial charge in [0.25, 0.3) is 0 Å². The summed E-state index contributed by atoms with van der Waals surface area (Å²) in [5.41, 5.74) is 1.19. The molecule has 0 unspecified atom stereocenters. The molecule has 2 heterocycles. The monoisotopic (exact) mass is 329 g/mol. The van der Waals surface area contributed by atoms with Gasteiger partial charge in [-0.15, -0.1) is 10.2 Å². The van der Waals surface area contributed by atoms with Crippen LogP contribution in [0.5, 0.6) is 0 Å². The third-order valence-corrected chi connectivity index (χ3v) is 3.67. The van der Waals surface area contributed by atoms with Crippen molar-refractivity contribution in [1.82, 2.24) is 20.2 Å². The van der Waals surface area contributed by atoms with Crippen molar-refractivity contribution < 1.29 is 9.53 Å². The Balaban J connectivity index is 1.79. The lowest BCUT2D eigenvalue weighted by molar-refractivity contribution is 0.0636. The molecule has 0 fully saturated rings. The normalized spacial score (nSPS) is 11.4. The van der Waals surface area contributed by atoms with E-state index in [2.05, 4.69) is 25.5 Å². The van der Waals surface area contributed by atoms with Gasteiger partial charge in [-0.25, -0.2) is 14.8 Å². The number of ether oxygens (including phenoxy) is 1. The van der Waals surface area contributed by atoms with Crippen LogP contribution in [0.1, 0.15) is 20.8 Å². The molecule has 0 spiro atoms. The van der Waals surface area contributed by atoms with E-state index in [1.54, 1.807) is 27.0 Å². The van der Waals surface area contributed by atoms with Crippen LogP contribution in [0.2, 0.25) is 0 Å². The predicted octanol–water partition coefficient (Wildman–Crippen LogP) is 3.50. The lowest BCUT2D eigenvalue weighted by atomic mass is 10.1. The van der Waals surface area contributed by atoms with Gasteiger partial charge in [-0.05, 0) is 39.0 Å². The second-order valence-electron chi connectivity index (χ2n) is 5.84. The van der Waals surface area contributed by atoms with Gasteiger partial charge in [0.2, 0.25) is 5.13 Å². The summed E-state index contributed by atoms with van der Waals surface area (Å²) in [6.45, 7) is 5.40. The summed E-state index contributed by atoms with van der Waals surface area (Å²) >= 11 is 1.27. The lowest BCUT2D eigenvalue weighted by Gasteiger charge is -2.18. The molecule has 2 aromatic heterocycles. The molecule has 0 saturated heterocycles. The van der Waals surface area contributed by atoms with Gasteiger partial charge in [0.15, 0.2) is 0 Å². The van der Waals surface area contributed by atoms with Crippen LogP contribution in [-0.4, -0.2) is 31.9 Å². The Morgan fingerprint density at radius 3 is 2.87 bits per heavy atom. The largest absolute Gasteiger partial charge is 0.444 e. The van der Waals surface area contributed by atoms with Gasteiger partial charge in [-0.3, -0.25) is 5.32 Å². The first kappa shape index (κ1) is 15.3. The van der Waals surface area contributed by atoms with Crippen molar-refractivity contribution in [3.05, 3.63) is 30.7 Å². The number of nitrogens with one attached hydrogen (secondary N) is 1. The maximum Gasteiger partial charge on any atom is 0.414 e. The third kappa shape index (κ3) is 3.78. The molecule has 0 aliphatic rings. The molecule has 0 aliphatic heterocycles. The number of benzene rings is 1. The van der Waals surface area contributed by atoms with E-state index in [0.29, 0.717) is 10.1 Å². The average Bonchev–Trinajstić information content (AvgIpc) is 2.93. The Bertz CT molecular complexity index is 856. The number of hydrogen-bond acceptors (Lipinski definition) is 7. The predicted molar refractivity (Wildman–Crippen MR) is 88.3 cm³/mol. The second-order valence-corrected chi connectivity index (χ2v) is 6.81. The van der Waals surface area contributed by atoms with Crippen LogP contribution >= 0.6 is 11.3 Å². The van der Waals surface area contributed by atoms with Gasteiger partial charge in [-0.2, -0.15) is 0 Å². The molecular formula is C15H15N5O2S. The van der Waals surface area contributed by atoms with Crippen LogP contribution in [0, 0.1) is 0 Å². The van der Waals surface area contributed by atoms with Crippen molar-refractivity contribution >= 4 is 33.5 Å². The van der Waals surface area contributed by atoms with Crippen LogP contribution in [-0.2, 0) is 4.74 Å². The first-order valence-corrected chi connectivity index (χ1v) is 7.76. The van der Waals surface area contributed by atoms with Crippen molar-refractivity contribution in [2.24, 2.45) is 0 Å². The second kappa shape index (κ2) is 5.88. The van der Waals surface area contributed by atoms with Crippen molar-refractivity contribution in [2.75, 3.05) is 5.32 Å². The van der Waals surface area contributed by atoms with E-state index in [4.69, 9.17) is 4.74 Å². The first-order valence-electron chi connectivity index (χ1n) is 6.94. The quantitative estimate of drug-likeness (QED) is 0.774. The lowest BCUT2D eigenvalue weighted by Crippen LogP contribution is -2.27. The van der Waals surface area contributed by atoms with E-state index in [-0.39, 0.29) is 0 Å². The van der Waals surface area contributed by atoms with Crippen molar-refractivity contribution in [1.29, 1.82) is 0 Å². The minimum absolute atomic E-state index is 0.388. The summed E-state index contributed by atoms with van der Waals surface area (Å²) in [6.07, 6.45) is 2.70. The van der Waals surface area contributed by atoms with Crippen LogP contribution < -0.4 is 5.32 Å². The van der Waals surface area contributed by atoms with Gasteiger partial charge < -0.3 is 4.74 Å². The zero-order valence-electron chi connectivity index (χ0n) is 12.9. The number of carbonyl (C=O) groups excluding carboxylic acids is 1. The van der Waals surface area contributed by atoms with E-state index in [0.717, 1.165) is 16.5 Å². The average molecular weight is 329 g/mol. The van der Waals surface area contributed by atoms with E-state index in [1.807, 2.05) is 18.2 Å². The van der Waals surface area contributed by atoms with Crippen LogP contribution in [0.4, 0.5) is 9.93 Å². The minimum atomic E-state index is -0.560. The number of fused-ring (bicyclic) bond motifs is 1. The molecule has 3 rings (SSSR count). The minimum Gasteiger partial charge on any atom is -0.444 e. The molecular weight excluding hydrogens is 314 g/mol. The number of anilines is 1. The number of carbonyl (C=O) groups is 1. The van der Waals surface area contributed by atoms with Crippen molar-refractivity contribution in [2.45, 2.75) is 26.4 Å². The Morgan fingerprint density at radius 2 is 2.09 bits per heavy atom. The molecule has 0 aliphatic carbocycles. The highest BCUT2D eigenvalue weighted by Crippen LogP contribution is 2.28. The Morgan fingerprint density at radius 1 is 1.26 bits per heavy atom. The first-order chi connectivity index (χ1) is 10.9. The third-order valence-electron chi connectivity index (χ3n) is 2.78. The van der Waals surface area contributed by atoms with Crippen molar-refractivity contribution in [3.63, 3.8) is 0 Å². The highest BCUT2D eigenvalue weighted by Gasteiger charge is 2.18. The molecule has 8 heteroatoms. The Kier molecular flexibility index (Phi) is 3.91. The van der Waals surface area contributed by atoms with Gasteiger partial charge >= 0.3 is 6.09 Å². The Hall–Kier alpha value is -2.61. The van der Waals surface area contributed by atoms with Crippen LogP contribution in [0.3, 0.4) is 0 Å². The number of amides is 1. The molecule has 23 heavy (non-hydrogen) atoms. The van der Waals surface area contributed by atoms with Gasteiger partial charge in [0, 0.05) is 17.1 Å². The number of rotatable bonds is 2. The van der Waals surface area contributed by atoms with Crippen molar-refractivity contribution in [3.8, 4) is 10.6 Å². The molecule has 1 amide bonds. The fourth-order valence-electron chi connectivity index (χ4n) is 1.90. The zero-order chi connectivity index (χ0) is 16.4. The molecule has 0 bridgehead atoms. The maximum atomic E-state index is 11.7.